The van der Waals surface area contributed by atoms with Crippen LogP contribution in [0.2, 0.25) is 5.02 Å². The number of fused-ring (bicyclic) bond motifs is 1. The lowest BCUT2D eigenvalue weighted by atomic mass is 9.88. The van der Waals surface area contributed by atoms with Crippen LogP contribution in [0, 0.1) is 12.8 Å². The Morgan fingerprint density at radius 1 is 1.23 bits per heavy atom. The lowest BCUT2D eigenvalue weighted by Gasteiger charge is -2.28. The minimum absolute atomic E-state index is 0.153. The molecule has 3 rings (SSSR count). The SMILES string of the molecule is Cc1cc(Cl)cc2sc(N(CCCN(C)C)C(=O)C3CCCCC3)nc12. The van der Waals surface area contributed by atoms with E-state index in [0.717, 1.165) is 71.1 Å². The van der Waals surface area contributed by atoms with Crippen molar-refractivity contribution in [3.8, 4) is 0 Å². The second kappa shape index (κ2) is 8.68. The third-order valence-corrected chi connectivity index (χ3v) is 6.32. The third-order valence-electron chi connectivity index (χ3n) is 5.08. The quantitative estimate of drug-likeness (QED) is 0.683. The van der Waals surface area contributed by atoms with Gasteiger partial charge in [0.1, 0.15) is 0 Å². The van der Waals surface area contributed by atoms with E-state index in [1.54, 1.807) is 11.3 Å². The summed E-state index contributed by atoms with van der Waals surface area (Å²) in [5.41, 5.74) is 2.02. The maximum absolute atomic E-state index is 13.3. The van der Waals surface area contributed by atoms with Gasteiger partial charge in [0.05, 0.1) is 10.2 Å². The molecule has 4 nitrogen and oxygen atoms in total. The Morgan fingerprint density at radius 3 is 2.65 bits per heavy atom. The van der Waals surface area contributed by atoms with Crippen molar-refractivity contribution in [1.82, 2.24) is 9.88 Å². The van der Waals surface area contributed by atoms with Crippen molar-refractivity contribution < 1.29 is 4.79 Å². The predicted molar refractivity (Wildman–Crippen MR) is 111 cm³/mol. The van der Waals surface area contributed by atoms with Crippen LogP contribution in [-0.4, -0.2) is 43.0 Å². The Kier molecular flexibility index (Phi) is 6.54. The largest absolute Gasteiger partial charge is 0.309 e. The fourth-order valence-corrected chi connectivity index (χ4v) is 5.12. The summed E-state index contributed by atoms with van der Waals surface area (Å²) in [5.74, 6) is 0.408. The van der Waals surface area contributed by atoms with Gasteiger partial charge < -0.3 is 4.90 Å². The number of aryl methyl sites for hydroxylation is 1. The predicted octanol–water partition coefficient (Wildman–Crippen LogP) is 5.12. The van der Waals surface area contributed by atoms with Crippen LogP contribution in [0.5, 0.6) is 0 Å². The minimum Gasteiger partial charge on any atom is -0.309 e. The lowest BCUT2D eigenvalue weighted by Crippen LogP contribution is -2.38. The average Bonchev–Trinajstić information content (AvgIpc) is 3.02. The molecule has 1 amide bonds. The first-order chi connectivity index (χ1) is 12.5. The van der Waals surface area contributed by atoms with Crippen LogP contribution in [0.1, 0.15) is 44.1 Å². The zero-order chi connectivity index (χ0) is 18.7. The van der Waals surface area contributed by atoms with Gasteiger partial charge in [0.25, 0.3) is 0 Å². The summed E-state index contributed by atoms with van der Waals surface area (Å²) < 4.78 is 1.05. The Balaban J connectivity index is 1.88. The Hall–Kier alpha value is -1.17. The molecule has 1 saturated carbocycles. The van der Waals surface area contributed by atoms with Gasteiger partial charge in [-0.2, -0.15) is 0 Å². The van der Waals surface area contributed by atoms with Crippen LogP contribution in [0.15, 0.2) is 12.1 Å². The second-order valence-corrected chi connectivity index (χ2v) is 8.99. The number of carbonyl (C=O) groups excluding carboxylic acids is 1. The molecule has 1 aromatic heterocycles. The Morgan fingerprint density at radius 2 is 1.96 bits per heavy atom. The first kappa shape index (κ1) is 19.6. The molecule has 2 aromatic rings. The number of amides is 1. The molecule has 6 heteroatoms. The standard InChI is InChI=1S/C20H28ClN3OS/c1-14-12-16(21)13-17-18(14)22-20(26-17)24(11-7-10-23(2)3)19(25)15-8-5-4-6-9-15/h12-13,15H,4-11H2,1-3H3. The number of halogens is 1. The highest BCUT2D eigenvalue weighted by molar-refractivity contribution is 7.22. The van der Waals surface area contributed by atoms with Crippen molar-refractivity contribution in [2.24, 2.45) is 5.92 Å². The molecule has 1 aromatic carbocycles. The molecule has 0 spiro atoms. The van der Waals surface area contributed by atoms with Gasteiger partial charge in [-0.25, -0.2) is 4.98 Å². The number of benzene rings is 1. The van der Waals surface area contributed by atoms with Gasteiger partial charge in [0.2, 0.25) is 5.91 Å². The first-order valence-corrected chi connectivity index (χ1v) is 10.7. The van der Waals surface area contributed by atoms with Crippen LogP contribution in [0.3, 0.4) is 0 Å². The molecule has 142 valence electrons. The van der Waals surface area contributed by atoms with Crippen molar-refractivity contribution >= 4 is 44.2 Å². The van der Waals surface area contributed by atoms with Gasteiger partial charge >= 0.3 is 0 Å². The number of carbonyl (C=O) groups is 1. The van der Waals surface area contributed by atoms with Gasteiger partial charge in [-0.05, 0) is 64.5 Å². The van der Waals surface area contributed by atoms with E-state index in [1.807, 2.05) is 24.0 Å². The number of nitrogens with zero attached hydrogens (tertiary/aromatic N) is 3. The highest BCUT2D eigenvalue weighted by Crippen LogP contribution is 2.35. The Labute approximate surface area is 165 Å². The minimum atomic E-state index is 0.153. The topological polar surface area (TPSA) is 36.4 Å². The second-order valence-electron chi connectivity index (χ2n) is 7.55. The molecule has 0 atom stereocenters. The van der Waals surface area contributed by atoms with E-state index in [9.17, 15) is 4.79 Å². The first-order valence-electron chi connectivity index (χ1n) is 9.48. The molecule has 0 radical (unpaired) electrons. The van der Waals surface area contributed by atoms with Crippen LogP contribution < -0.4 is 4.90 Å². The zero-order valence-corrected chi connectivity index (χ0v) is 17.5. The number of hydrogen-bond acceptors (Lipinski definition) is 4. The molecular formula is C20H28ClN3OS. The summed E-state index contributed by atoms with van der Waals surface area (Å²) in [6.07, 6.45) is 6.55. The molecular weight excluding hydrogens is 366 g/mol. The van der Waals surface area contributed by atoms with E-state index in [4.69, 9.17) is 16.6 Å². The van der Waals surface area contributed by atoms with Gasteiger partial charge in [0, 0.05) is 17.5 Å². The fourth-order valence-electron chi connectivity index (χ4n) is 3.67. The molecule has 0 bridgehead atoms. The summed E-state index contributed by atoms with van der Waals surface area (Å²) in [6.45, 7) is 3.71. The van der Waals surface area contributed by atoms with Crippen molar-refractivity contribution in [1.29, 1.82) is 0 Å². The average molecular weight is 394 g/mol. The summed E-state index contributed by atoms with van der Waals surface area (Å²) >= 11 is 7.79. The fraction of sp³-hybridized carbons (Fsp3) is 0.600. The summed E-state index contributed by atoms with van der Waals surface area (Å²) in [4.78, 5) is 22.2. The van der Waals surface area contributed by atoms with Crippen molar-refractivity contribution in [2.75, 3.05) is 32.1 Å². The van der Waals surface area contributed by atoms with E-state index in [1.165, 1.54) is 6.42 Å². The number of anilines is 1. The molecule has 1 heterocycles. The molecule has 1 aliphatic rings. The van der Waals surface area contributed by atoms with Crippen molar-refractivity contribution in [3.05, 3.63) is 22.7 Å². The maximum Gasteiger partial charge on any atom is 0.231 e. The van der Waals surface area contributed by atoms with Crippen LogP contribution in [0.25, 0.3) is 10.2 Å². The van der Waals surface area contributed by atoms with Crippen molar-refractivity contribution in [2.45, 2.75) is 45.4 Å². The van der Waals surface area contributed by atoms with Crippen LogP contribution >= 0.6 is 22.9 Å². The maximum atomic E-state index is 13.3. The van der Waals surface area contributed by atoms with E-state index >= 15 is 0 Å². The molecule has 0 aliphatic heterocycles. The zero-order valence-electron chi connectivity index (χ0n) is 15.9. The van der Waals surface area contributed by atoms with E-state index in [2.05, 4.69) is 19.0 Å². The number of aromatic nitrogens is 1. The van der Waals surface area contributed by atoms with Gasteiger partial charge in [-0.1, -0.05) is 42.2 Å². The van der Waals surface area contributed by atoms with E-state index in [-0.39, 0.29) is 11.8 Å². The molecule has 0 saturated heterocycles. The number of rotatable bonds is 6. The summed E-state index contributed by atoms with van der Waals surface area (Å²) in [7, 11) is 4.13. The van der Waals surface area contributed by atoms with Crippen LogP contribution in [-0.2, 0) is 4.79 Å². The summed E-state index contributed by atoms with van der Waals surface area (Å²) in [5, 5.41) is 1.54. The van der Waals surface area contributed by atoms with Crippen LogP contribution in [0.4, 0.5) is 5.13 Å². The molecule has 1 fully saturated rings. The Bertz CT molecular complexity index is 768. The van der Waals surface area contributed by atoms with Crippen molar-refractivity contribution in [3.63, 3.8) is 0 Å². The summed E-state index contributed by atoms with van der Waals surface area (Å²) in [6, 6.07) is 3.89. The monoisotopic (exact) mass is 393 g/mol. The molecule has 0 N–H and O–H groups in total. The van der Waals surface area contributed by atoms with Gasteiger partial charge in [-0.3, -0.25) is 9.69 Å². The van der Waals surface area contributed by atoms with E-state index in [0.29, 0.717) is 0 Å². The number of hydrogen-bond donors (Lipinski definition) is 0. The van der Waals surface area contributed by atoms with Gasteiger partial charge in [-0.15, -0.1) is 0 Å². The smallest absolute Gasteiger partial charge is 0.231 e. The highest BCUT2D eigenvalue weighted by atomic mass is 35.5. The van der Waals surface area contributed by atoms with E-state index < -0.39 is 0 Å². The third kappa shape index (κ3) is 4.56. The molecule has 0 unspecified atom stereocenters. The molecule has 26 heavy (non-hydrogen) atoms. The molecule has 1 aliphatic carbocycles. The van der Waals surface area contributed by atoms with Gasteiger partial charge in [0.15, 0.2) is 5.13 Å². The lowest BCUT2D eigenvalue weighted by molar-refractivity contribution is -0.123. The normalized spacial score (nSPS) is 15.7. The highest BCUT2D eigenvalue weighted by Gasteiger charge is 2.28. The number of thiazole rings is 1.